The van der Waals surface area contributed by atoms with E-state index >= 15 is 0 Å². The number of aromatic nitrogens is 1. The summed E-state index contributed by atoms with van der Waals surface area (Å²) < 4.78 is 5.59. The molecule has 2 atom stereocenters. The van der Waals surface area contributed by atoms with Crippen LogP contribution in [0.4, 0.5) is 0 Å². The Balaban J connectivity index is 1.62. The molecule has 2 heterocycles. The molecule has 7 nitrogen and oxygen atoms in total. The van der Waals surface area contributed by atoms with Crippen LogP contribution in [0.1, 0.15) is 42.9 Å². The Morgan fingerprint density at radius 2 is 1.97 bits per heavy atom. The fourth-order valence-electron chi connectivity index (χ4n) is 3.32. The fourth-order valence-corrected chi connectivity index (χ4v) is 3.43. The summed E-state index contributed by atoms with van der Waals surface area (Å²) in [6.45, 7) is 0.450. The Kier molecular flexibility index (Phi) is 8.80. The number of nitrogens with zero attached hydrogens (tertiary/aromatic N) is 1. The van der Waals surface area contributed by atoms with E-state index in [2.05, 4.69) is 15.6 Å². The molecule has 0 radical (unpaired) electrons. The average Bonchev–Trinajstić information content (AvgIpc) is 2.80. The third kappa shape index (κ3) is 7.50. The van der Waals surface area contributed by atoms with Crippen molar-refractivity contribution in [2.24, 2.45) is 5.92 Å². The van der Waals surface area contributed by atoms with Gasteiger partial charge in [-0.1, -0.05) is 60.2 Å². The first-order valence-electron chi connectivity index (χ1n) is 10.6. The van der Waals surface area contributed by atoms with Crippen molar-refractivity contribution in [3.63, 3.8) is 0 Å². The molecular weight excluding hydrogens is 430 g/mol. The van der Waals surface area contributed by atoms with Crippen molar-refractivity contribution < 1.29 is 19.1 Å². The Morgan fingerprint density at radius 1 is 1.16 bits per heavy atom. The predicted molar refractivity (Wildman–Crippen MR) is 120 cm³/mol. The highest BCUT2D eigenvalue weighted by Crippen LogP contribution is 2.19. The van der Waals surface area contributed by atoms with Crippen molar-refractivity contribution in [2.45, 2.75) is 38.3 Å². The van der Waals surface area contributed by atoms with Gasteiger partial charge in [-0.15, -0.1) is 0 Å². The van der Waals surface area contributed by atoms with Gasteiger partial charge in [-0.2, -0.15) is 0 Å². The number of allylic oxidation sites excluding steroid dienone is 2. The minimum absolute atomic E-state index is 0.0486. The van der Waals surface area contributed by atoms with Crippen LogP contribution in [-0.2, 0) is 25.7 Å². The van der Waals surface area contributed by atoms with Crippen LogP contribution in [0.5, 0.6) is 0 Å². The quantitative estimate of drug-likeness (QED) is 0.408. The molecule has 8 heteroatoms. The van der Waals surface area contributed by atoms with Crippen LogP contribution in [0.3, 0.4) is 0 Å². The number of halogens is 1. The van der Waals surface area contributed by atoms with E-state index in [1.807, 2.05) is 42.5 Å². The van der Waals surface area contributed by atoms with E-state index < -0.39 is 12.0 Å². The third-order valence-corrected chi connectivity index (χ3v) is 5.31. The Morgan fingerprint density at radius 3 is 2.72 bits per heavy atom. The number of hydrogen-bond acceptors (Lipinski definition) is 5. The van der Waals surface area contributed by atoms with Crippen molar-refractivity contribution in [3.05, 3.63) is 77.1 Å². The molecule has 2 amide bonds. The van der Waals surface area contributed by atoms with Gasteiger partial charge in [0.2, 0.25) is 11.8 Å². The number of carbonyl (C=O) groups is 3. The number of nitrogens with one attached hydrogen (secondary N) is 2. The van der Waals surface area contributed by atoms with E-state index in [4.69, 9.17) is 16.3 Å². The van der Waals surface area contributed by atoms with E-state index in [0.717, 1.165) is 11.1 Å². The lowest BCUT2D eigenvalue weighted by atomic mass is 9.98. The van der Waals surface area contributed by atoms with E-state index in [1.165, 1.54) is 0 Å². The summed E-state index contributed by atoms with van der Waals surface area (Å²) in [6.07, 6.45) is 5.93. The number of benzene rings is 1. The van der Waals surface area contributed by atoms with Crippen LogP contribution in [0.25, 0.3) is 0 Å². The van der Waals surface area contributed by atoms with Crippen molar-refractivity contribution in [1.82, 2.24) is 15.6 Å². The first kappa shape index (κ1) is 23.5. The number of esters is 1. The topological polar surface area (TPSA) is 97.4 Å². The van der Waals surface area contributed by atoms with Gasteiger partial charge in [-0.05, 0) is 30.0 Å². The standard InChI is InChI=1S/C24H26ClN3O4/c25-21-12-11-17(14-26-21)15-27-22(29)13-19-9-5-2-6-10-23(30)32-20(16-28-24(19)31)18-7-3-1-4-8-18/h1-5,7-8,11-12,14,19-20H,6,9-10,13,15-16H2,(H,27,29)(H,28,31)/t19-,20-/m0/s1. The second kappa shape index (κ2) is 12.0. The van der Waals surface area contributed by atoms with Gasteiger partial charge in [0.1, 0.15) is 11.3 Å². The number of ether oxygens (including phenoxy) is 1. The largest absolute Gasteiger partial charge is 0.456 e. The van der Waals surface area contributed by atoms with Crippen molar-refractivity contribution in [2.75, 3.05) is 6.54 Å². The average molecular weight is 456 g/mol. The maximum atomic E-state index is 12.8. The van der Waals surface area contributed by atoms with Gasteiger partial charge in [0, 0.05) is 25.6 Å². The van der Waals surface area contributed by atoms with E-state index in [-0.39, 0.29) is 37.2 Å². The lowest BCUT2D eigenvalue weighted by molar-refractivity contribution is -0.150. The van der Waals surface area contributed by atoms with Gasteiger partial charge in [-0.3, -0.25) is 14.4 Å². The fraction of sp³-hybridized carbons (Fsp3) is 0.333. The van der Waals surface area contributed by atoms with Crippen LogP contribution < -0.4 is 10.6 Å². The van der Waals surface area contributed by atoms with E-state index in [0.29, 0.717) is 24.5 Å². The Hall–Kier alpha value is -3.19. The SMILES string of the molecule is O=C(C[C@@H]1CC=CCCC(=O)O[C@H](c2ccccc2)CNC1=O)NCc1ccc(Cl)nc1. The van der Waals surface area contributed by atoms with Crippen LogP contribution in [0, 0.1) is 5.92 Å². The molecule has 168 valence electrons. The smallest absolute Gasteiger partial charge is 0.306 e. The molecule has 0 saturated heterocycles. The van der Waals surface area contributed by atoms with E-state index in [1.54, 1.807) is 18.3 Å². The third-order valence-electron chi connectivity index (χ3n) is 5.09. The number of amides is 2. The lowest BCUT2D eigenvalue weighted by Crippen LogP contribution is -2.37. The van der Waals surface area contributed by atoms with Crippen LogP contribution in [0.15, 0.2) is 60.8 Å². The van der Waals surface area contributed by atoms with Gasteiger partial charge in [0.25, 0.3) is 0 Å². The maximum absolute atomic E-state index is 12.8. The number of cyclic esters (lactones) is 1. The zero-order valence-corrected chi connectivity index (χ0v) is 18.4. The molecule has 3 rings (SSSR count). The second-order valence-corrected chi connectivity index (χ2v) is 7.93. The highest BCUT2D eigenvalue weighted by atomic mass is 35.5. The summed E-state index contributed by atoms with van der Waals surface area (Å²) in [5.41, 5.74) is 1.62. The normalized spacial score (nSPS) is 19.8. The zero-order chi connectivity index (χ0) is 22.8. The molecule has 2 N–H and O–H groups in total. The summed E-state index contributed by atoms with van der Waals surface area (Å²) >= 11 is 5.78. The van der Waals surface area contributed by atoms with Gasteiger partial charge in [-0.25, -0.2) is 4.98 Å². The van der Waals surface area contributed by atoms with Crippen molar-refractivity contribution in [1.29, 1.82) is 0 Å². The zero-order valence-electron chi connectivity index (χ0n) is 17.6. The molecule has 0 unspecified atom stereocenters. The number of carbonyl (C=O) groups excluding carboxylic acids is 3. The second-order valence-electron chi connectivity index (χ2n) is 7.55. The molecular formula is C24H26ClN3O4. The number of hydrogen-bond donors (Lipinski definition) is 2. The van der Waals surface area contributed by atoms with Gasteiger partial charge in [0.15, 0.2) is 0 Å². The molecule has 0 bridgehead atoms. The molecule has 2 aromatic rings. The molecule has 0 fully saturated rings. The molecule has 0 aliphatic carbocycles. The predicted octanol–water partition coefficient (Wildman–Crippen LogP) is 3.50. The molecule has 0 saturated carbocycles. The van der Waals surface area contributed by atoms with Crippen LogP contribution in [0.2, 0.25) is 5.15 Å². The molecule has 0 spiro atoms. The molecule has 32 heavy (non-hydrogen) atoms. The highest BCUT2D eigenvalue weighted by Gasteiger charge is 2.24. The van der Waals surface area contributed by atoms with Crippen molar-refractivity contribution in [3.8, 4) is 0 Å². The minimum atomic E-state index is -0.581. The van der Waals surface area contributed by atoms with E-state index in [9.17, 15) is 14.4 Å². The monoisotopic (exact) mass is 455 g/mol. The van der Waals surface area contributed by atoms with Gasteiger partial charge >= 0.3 is 5.97 Å². The summed E-state index contributed by atoms with van der Waals surface area (Å²) in [5.74, 6) is -1.32. The van der Waals surface area contributed by atoms with Gasteiger partial charge < -0.3 is 15.4 Å². The summed E-state index contributed by atoms with van der Waals surface area (Å²) in [6, 6.07) is 12.7. The van der Waals surface area contributed by atoms with Crippen molar-refractivity contribution >= 4 is 29.4 Å². The molecule has 1 aliphatic heterocycles. The maximum Gasteiger partial charge on any atom is 0.306 e. The van der Waals surface area contributed by atoms with Crippen LogP contribution >= 0.6 is 11.6 Å². The highest BCUT2D eigenvalue weighted by molar-refractivity contribution is 6.29. The molecule has 1 aromatic heterocycles. The minimum Gasteiger partial charge on any atom is -0.456 e. The number of pyridine rings is 1. The molecule has 1 aromatic carbocycles. The number of rotatable bonds is 5. The Bertz CT molecular complexity index is 947. The Labute approximate surface area is 192 Å². The molecule has 1 aliphatic rings. The summed E-state index contributed by atoms with van der Waals surface area (Å²) in [5, 5.41) is 6.05. The van der Waals surface area contributed by atoms with Crippen LogP contribution in [-0.4, -0.2) is 29.3 Å². The first-order valence-corrected chi connectivity index (χ1v) is 10.9. The first-order chi connectivity index (χ1) is 15.5. The van der Waals surface area contributed by atoms with Gasteiger partial charge in [0.05, 0.1) is 12.5 Å². The lowest BCUT2D eigenvalue weighted by Gasteiger charge is -2.21. The summed E-state index contributed by atoms with van der Waals surface area (Å²) in [7, 11) is 0. The summed E-state index contributed by atoms with van der Waals surface area (Å²) in [4.78, 5) is 41.4.